The molecule has 0 atom stereocenters. The highest BCUT2D eigenvalue weighted by Gasteiger charge is 2.33. The minimum absolute atomic E-state index is 0.103. The molecular weight excluding hydrogens is 365 g/mol. The van der Waals surface area contributed by atoms with Crippen LogP contribution in [0.15, 0.2) is 54.6 Å². The maximum atomic E-state index is 13.5. The average molecular weight is 386 g/mol. The van der Waals surface area contributed by atoms with Crippen molar-refractivity contribution >= 4 is 28.1 Å². The number of para-hydroxylation sites is 1. The normalized spacial score (nSPS) is 15.8. The summed E-state index contributed by atoms with van der Waals surface area (Å²) in [6.07, 6.45) is -4.44. The Hall–Kier alpha value is -2.80. The molecule has 2 heterocycles. The van der Waals surface area contributed by atoms with Crippen molar-refractivity contribution in [3.63, 3.8) is 0 Å². The van der Waals surface area contributed by atoms with Gasteiger partial charge < -0.3 is 15.1 Å². The molecule has 0 spiro atoms. The molecule has 1 aromatic heterocycles. The van der Waals surface area contributed by atoms with E-state index in [1.165, 1.54) is 6.07 Å². The zero-order chi connectivity index (χ0) is 19.7. The van der Waals surface area contributed by atoms with Crippen molar-refractivity contribution in [2.75, 3.05) is 43.4 Å². The number of aromatic nitrogens is 1. The second-order valence-corrected chi connectivity index (χ2v) is 7.03. The summed E-state index contributed by atoms with van der Waals surface area (Å²) in [5.41, 5.74) is 1.44. The first-order chi connectivity index (χ1) is 13.4. The average Bonchev–Trinajstić information content (AvgIpc) is 2.68. The molecule has 0 unspecified atom stereocenters. The molecule has 146 valence electrons. The molecule has 7 heteroatoms. The van der Waals surface area contributed by atoms with E-state index in [0.29, 0.717) is 11.2 Å². The van der Waals surface area contributed by atoms with E-state index in [9.17, 15) is 13.2 Å². The minimum atomic E-state index is -4.44. The van der Waals surface area contributed by atoms with Gasteiger partial charge in [-0.15, -0.1) is 0 Å². The first-order valence-corrected chi connectivity index (χ1v) is 9.18. The summed E-state index contributed by atoms with van der Waals surface area (Å²) in [7, 11) is 2.11. The van der Waals surface area contributed by atoms with Crippen LogP contribution < -0.4 is 10.2 Å². The largest absolute Gasteiger partial charge is 0.417 e. The van der Waals surface area contributed by atoms with Crippen molar-refractivity contribution in [2.24, 2.45) is 0 Å². The quantitative estimate of drug-likeness (QED) is 0.704. The van der Waals surface area contributed by atoms with Gasteiger partial charge in [0.25, 0.3) is 0 Å². The Bertz CT molecular complexity index is 962. The highest BCUT2D eigenvalue weighted by Crippen LogP contribution is 2.36. The van der Waals surface area contributed by atoms with E-state index >= 15 is 0 Å². The Labute approximate surface area is 161 Å². The van der Waals surface area contributed by atoms with Crippen molar-refractivity contribution in [2.45, 2.75) is 6.18 Å². The number of anilines is 3. The highest BCUT2D eigenvalue weighted by molar-refractivity contribution is 5.85. The topological polar surface area (TPSA) is 31.4 Å². The summed E-state index contributed by atoms with van der Waals surface area (Å²) < 4.78 is 40.4. The van der Waals surface area contributed by atoms with E-state index in [4.69, 9.17) is 0 Å². The van der Waals surface area contributed by atoms with Crippen molar-refractivity contribution < 1.29 is 13.2 Å². The van der Waals surface area contributed by atoms with E-state index in [0.717, 1.165) is 37.9 Å². The summed E-state index contributed by atoms with van der Waals surface area (Å²) in [6.45, 7) is 3.96. The zero-order valence-electron chi connectivity index (χ0n) is 15.5. The van der Waals surface area contributed by atoms with Gasteiger partial charge in [0.2, 0.25) is 0 Å². The molecule has 0 aliphatic carbocycles. The third kappa shape index (κ3) is 3.89. The minimum Gasteiger partial charge on any atom is -0.369 e. The highest BCUT2D eigenvalue weighted by atomic mass is 19.4. The second-order valence-electron chi connectivity index (χ2n) is 7.03. The van der Waals surface area contributed by atoms with Crippen LogP contribution in [0.5, 0.6) is 0 Å². The van der Waals surface area contributed by atoms with Gasteiger partial charge >= 0.3 is 6.18 Å². The van der Waals surface area contributed by atoms with E-state index in [1.807, 2.05) is 24.3 Å². The SMILES string of the molecule is CN1CCN(c2ccc(Nc3cc(C(F)(F)F)c4ccccc4n3)cc2)CC1. The Balaban J connectivity index is 1.58. The van der Waals surface area contributed by atoms with E-state index in [-0.39, 0.29) is 11.2 Å². The molecule has 4 nitrogen and oxygen atoms in total. The van der Waals surface area contributed by atoms with Crippen LogP contribution in [-0.2, 0) is 6.18 Å². The molecule has 0 radical (unpaired) electrons. The van der Waals surface area contributed by atoms with Crippen LogP contribution in [0, 0.1) is 0 Å². The number of piperazine rings is 1. The third-order valence-electron chi connectivity index (χ3n) is 5.03. The number of likely N-dealkylation sites (N-methyl/N-ethyl adjacent to an activating group) is 1. The van der Waals surface area contributed by atoms with Crippen LogP contribution in [0.1, 0.15) is 5.56 Å². The number of benzene rings is 2. The monoisotopic (exact) mass is 386 g/mol. The van der Waals surface area contributed by atoms with Crippen molar-refractivity contribution in [3.05, 3.63) is 60.2 Å². The number of hydrogen-bond donors (Lipinski definition) is 1. The lowest BCUT2D eigenvalue weighted by molar-refractivity contribution is -0.136. The number of alkyl halides is 3. The number of pyridine rings is 1. The van der Waals surface area contributed by atoms with Crippen LogP contribution in [0.2, 0.25) is 0 Å². The van der Waals surface area contributed by atoms with E-state index in [2.05, 4.69) is 27.1 Å². The molecule has 1 saturated heterocycles. The van der Waals surface area contributed by atoms with Crippen LogP contribution >= 0.6 is 0 Å². The van der Waals surface area contributed by atoms with Gasteiger partial charge in [0.05, 0.1) is 11.1 Å². The lowest BCUT2D eigenvalue weighted by Crippen LogP contribution is -2.44. The van der Waals surface area contributed by atoms with Gasteiger partial charge in [-0.25, -0.2) is 4.98 Å². The van der Waals surface area contributed by atoms with Gasteiger partial charge in [0.1, 0.15) is 5.82 Å². The first kappa shape index (κ1) is 18.6. The van der Waals surface area contributed by atoms with Gasteiger partial charge in [-0.05, 0) is 43.4 Å². The zero-order valence-corrected chi connectivity index (χ0v) is 15.5. The number of rotatable bonds is 3. The fraction of sp³-hybridized carbons (Fsp3) is 0.286. The fourth-order valence-corrected chi connectivity index (χ4v) is 3.44. The van der Waals surface area contributed by atoms with Gasteiger partial charge in [0, 0.05) is 42.9 Å². The molecule has 2 aromatic carbocycles. The maximum Gasteiger partial charge on any atom is 0.417 e. The molecule has 4 rings (SSSR count). The number of halogens is 3. The predicted octanol–water partition coefficient (Wildman–Crippen LogP) is 4.75. The van der Waals surface area contributed by atoms with Crippen molar-refractivity contribution in [3.8, 4) is 0 Å². The summed E-state index contributed by atoms with van der Waals surface area (Å²) in [4.78, 5) is 8.93. The molecule has 1 aliphatic rings. The Morgan fingerprint density at radius 1 is 0.929 bits per heavy atom. The molecule has 1 N–H and O–H groups in total. The van der Waals surface area contributed by atoms with Crippen LogP contribution in [-0.4, -0.2) is 43.1 Å². The summed E-state index contributed by atoms with van der Waals surface area (Å²) in [6, 6.07) is 15.1. The van der Waals surface area contributed by atoms with Gasteiger partial charge in [0.15, 0.2) is 0 Å². The molecule has 0 bridgehead atoms. The van der Waals surface area contributed by atoms with Gasteiger partial charge in [-0.2, -0.15) is 13.2 Å². The molecule has 1 fully saturated rings. The summed E-state index contributed by atoms with van der Waals surface area (Å²) >= 11 is 0. The summed E-state index contributed by atoms with van der Waals surface area (Å²) in [5, 5.41) is 3.11. The van der Waals surface area contributed by atoms with Crippen LogP contribution in [0.4, 0.5) is 30.4 Å². The predicted molar refractivity (Wildman–Crippen MR) is 106 cm³/mol. The third-order valence-corrected chi connectivity index (χ3v) is 5.03. The maximum absolute atomic E-state index is 13.5. The van der Waals surface area contributed by atoms with E-state index < -0.39 is 11.7 Å². The number of nitrogens with one attached hydrogen (secondary N) is 1. The molecular formula is C21H21F3N4. The number of nitrogens with zero attached hydrogens (tertiary/aromatic N) is 3. The van der Waals surface area contributed by atoms with Gasteiger partial charge in [-0.3, -0.25) is 0 Å². The molecule has 0 amide bonds. The second kappa shape index (κ2) is 7.31. The Morgan fingerprint density at radius 2 is 1.61 bits per heavy atom. The molecule has 3 aromatic rings. The summed E-state index contributed by atoms with van der Waals surface area (Å²) in [5.74, 6) is 0.179. The Kier molecular flexibility index (Phi) is 4.85. The van der Waals surface area contributed by atoms with Gasteiger partial charge in [-0.1, -0.05) is 18.2 Å². The number of hydrogen-bond acceptors (Lipinski definition) is 4. The first-order valence-electron chi connectivity index (χ1n) is 9.18. The van der Waals surface area contributed by atoms with Crippen LogP contribution in [0.3, 0.4) is 0 Å². The lowest BCUT2D eigenvalue weighted by atomic mass is 10.1. The lowest BCUT2D eigenvalue weighted by Gasteiger charge is -2.34. The number of fused-ring (bicyclic) bond motifs is 1. The molecule has 0 saturated carbocycles. The fourth-order valence-electron chi connectivity index (χ4n) is 3.44. The smallest absolute Gasteiger partial charge is 0.369 e. The standard InChI is InChI=1S/C21H21F3N4/c1-27-10-12-28(13-11-27)16-8-6-15(7-9-16)25-20-14-18(21(22,23)24)17-4-2-3-5-19(17)26-20/h2-9,14H,10-13H2,1H3,(H,25,26). The van der Waals surface area contributed by atoms with Crippen molar-refractivity contribution in [1.82, 2.24) is 9.88 Å². The molecule has 1 aliphatic heterocycles. The Morgan fingerprint density at radius 3 is 2.29 bits per heavy atom. The van der Waals surface area contributed by atoms with Crippen LogP contribution in [0.25, 0.3) is 10.9 Å². The molecule has 28 heavy (non-hydrogen) atoms. The van der Waals surface area contributed by atoms with E-state index in [1.54, 1.807) is 18.2 Å². The van der Waals surface area contributed by atoms with Crippen molar-refractivity contribution in [1.29, 1.82) is 0 Å².